The average Bonchev–Trinajstić information content (AvgIpc) is 3.23. The lowest BCUT2D eigenvalue weighted by atomic mass is 10.1. The molecule has 9 heteroatoms. The first-order chi connectivity index (χ1) is 14.7. The summed E-state index contributed by atoms with van der Waals surface area (Å²) in [6.45, 7) is 3.21. The Morgan fingerprint density at radius 3 is 2.35 bits per heavy atom. The van der Waals surface area contributed by atoms with Crippen molar-refractivity contribution in [3.05, 3.63) is 81.7 Å². The van der Waals surface area contributed by atoms with E-state index >= 15 is 0 Å². The van der Waals surface area contributed by atoms with Gasteiger partial charge in [-0.15, -0.1) is 0 Å². The predicted octanol–water partition coefficient (Wildman–Crippen LogP) is 5.33. The summed E-state index contributed by atoms with van der Waals surface area (Å²) in [7, 11) is 0. The Labute approximate surface area is 188 Å². The molecule has 0 bridgehead atoms. The van der Waals surface area contributed by atoms with Crippen LogP contribution < -0.4 is 10.6 Å². The van der Waals surface area contributed by atoms with Crippen LogP contribution in [0.25, 0.3) is 0 Å². The zero-order chi connectivity index (χ0) is 22.5. The number of carbonyl (C=O) groups is 3. The third-order valence-corrected chi connectivity index (χ3v) is 4.69. The Morgan fingerprint density at radius 2 is 1.71 bits per heavy atom. The van der Waals surface area contributed by atoms with Crippen molar-refractivity contribution in [3.8, 4) is 0 Å². The zero-order valence-electron chi connectivity index (χ0n) is 16.6. The van der Waals surface area contributed by atoms with Crippen molar-refractivity contribution in [2.75, 3.05) is 10.6 Å². The molecule has 2 N–H and O–H groups in total. The topological polar surface area (TPSA) is 97.6 Å². The summed E-state index contributed by atoms with van der Waals surface area (Å²) in [6, 6.07) is 12.4. The van der Waals surface area contributed by atoms with E-state index in [0.29, 0.717) is 21.4 Å². The first-order valence-corrected chi connectivity index (χ1v) is 9.92. The SMILES string of the molecule is Cc1ccc(C(=O)O[C@H](C)C(=O)Nc2cc(Cl)cc(Cl)c2)cc1NC(=O)c1ccco1. The molecule has 7 nitrogen and oxygen atoms in total. The summed E-state index contributed by atoms with van der Waals surface area (Å²) in [5.41, 5.74) is 1.70. The van der Waals surface area contributed by atoms with Crippen LogP contribution in [0.15, 0.2) is 59.2 Å². The smallest absolute Gasteiger partial charge is 0.338 e. The van der Waals surface area contributed by atoms with Crippen LogP contribution in [-0.2, 0) is 9.53 Å². The number of esters is 1. The molecule has 1 heterocycles. The molecule has 3 rings (SSSR count). The van der Waals surface area contributed by atoms with Crippen LogP contribution in [0.4, 0.5) is 11.4 Å². The van der Waals surface area contributed by atoms with Gasteiger partial charge in [0.15, 0.2) is 11.9 Å². The lowest BCUT2D eigenvalue weighted by Gasteiger charge is -2.15. The number of nitrogens with one attached hydrogen (secondary N) is 2. The first kappa shape index (κ1) is 22.4. The fraction of sp³-hybridized carbons (Fsp3) is 0.136. The molecule has 0 unspecified atom stereocenters. The molecule has 0 fully saturated rings. The maximum atomic E-state index is 12.5. The molecule has 31 heavy (non-hydrogen) atoms. The van der Waals surface area contributed by atoms with Gasteiger partial charge < -0.3 is 19.8 Å². The van der Waals surface area contributed by atoms with Gasteiger partial charge in [0, 0.05) is 21.4 Å². The van der Waals surface area contributed by atoms with E-state index < -0.39 is 23.9 Å². The summed E-state index contributed by atoms with van der Waals surface area (Å²) in [5.74, 6) is -1.59. The molecule has 0 saturated heterocycles. The highest BCUT2D eigenvalue weighted by Gasteiger charge is 2.20. The van der Waals surface area contributed by atoms with Crippen LogP contribution in [0.5, 0.6) is 0 Å². The van der Waals surface area contributed by atoms with E-state index in [1.54, 1.807) is 25.1 Å². The van der Waals surface area contributed by atoms with Gasteiger partial charge >= 0.3 is 5.97 Å². The number of amides is 2. The van der Waals surface area contributed by atoms with Gasteiger partial charge in [-0.25, -0.2) is 4.79 Å². The van der Waals surface area contributed by atoms with E-state index in [1.807, 2.05) is 0 Å². The Morgan fingerprint density at radius 1 is 1.00 bits per heavy atom. The Kier molecular flexibility index (Phi) is 6.99. The summed E-state index contributed by atoms with van der Waals surface area (Å²) in [5, 5.41) is 5.99. The second kappa shape index (κ2) is 9.68. The number of benzene rings is 2. The molecule has 0 aliphatic rings. The Bertz CT molecular complexity index is 1110. The predicted molar refractivity (Wildman–Crippen MR) is 118 cm³/mol. The van der Waals surface area contributed by atoms with Crippen LogP contribution in [0.3, 0.4) is 0 Å². The number of carbonyl (C=O) groups excluding carboxylic acids is 3. The summed E-state index contributed by atoms with van der Waals surface area (Å²) in [4.78, 5) is 37.1. The van der Waals surface area contributed by atoms with E-state index in [4.69, 9.17) is 32.4 Å². The third kappa shape index (κ3) is 5.87. The highest BCUT2D eigenvalue weighted by Crippen LogP contribution is 2.23. The molecule has 0 saturated carbocycles. The fourth-order valence-corrected chi connectivity index (χ4v) is 3.15. The molecule has 0 aliphatic carbocycles. The number of anilines is 2. The van der Waals surface area contributed by atoms with Crippen LogP contribution in [0, 0.1) is 6.92 Å². The van der Waals surface area contributed by atoms with E-state index in [-0.39, 0.29) is 11.3 Å². The Balaban J connectivity index is 1.66. The number of rotatable bonds is 6. The van der Waals surface area contributed by atoms with Crippen molar-refractivity contribution in [1.82, 2.24) is 0 Å². The lowest BCUT2D eigenvalue weighted by molar-refractivity contribution is -0.123. The summed E-state index contributed by atoms with van der Waals surface area (Å²) >= 11 is 11.8. The maximum absolute atomic E-state index is 12.5. The lowest BCUT2D eigenvalue weighted by Crippen LogP contribution is -2.30. The van der Waals surface area contributed by atoms with Crippen molar-refractivity contribution < 1.29 is 23.5 Å². The van der Waals surface area contributed by atoms with Crippen LogP contribution in [-0.4, -0.2) is 23.9 Å². The van der Waals surface area contributed by atoms with E-state index in [0.717, 1.165) is 5.56 Å². The van der Waals surface area contributed by atoms with Crippen LogP contribution in [0.2, 0.25) is 10.0 Å². The van der Waals surface area contributed by atoms with Crippen molar-refractivity contribution >= 4 is 52.4 Å². The van der Waals surface area contributed by atoms with Gasteiger partial charge in [-0.3, -0.25) is 9.59 Å². The minimum atomic E-state index is -1.09. The summed E-state index contributed by atoms with van der Waals surface area (Å²) in [6.07, 6.45) is 0.298. The second-order valence-corrected chi connectivity index (χ2v) is 7.53. The van der Waals surface area contributed by atoms with E-state index in [1.165, 1.54) is 43.5 Å². The molecule has 0 aliphatic heterocycles. The maximum Gasteiger partial charge on any atom is 0.338 e. The van der Waals surface area contributed by atoms with Gasteiger partial charge in [0.1, 0.15) is 0 Å². The quantitative estimate of drug-likeness (QED) is 0.484. The highest BCUT2D eigenvalue weighted by atomic mass is 35.5. The van der Waals surface area contributed by atoms with Gasteiger partial charge in [0.05, 0.1) is 11.8 Å². The molecular formula is C22H18Cl2N2O5. The highest BCUT2D eigenvalue weighted by molar-refractivity contribution is 6.35. The van der Waals surface area contributed by atoms with Gasteiger partial charge in [-0.05, 0) is 61.9 Å². The molecule has 1 aromatic heterocycles. The minimum Gasteiger partial charge on any atom is -0.459 e. The third-order valence-electron chi connectivity index (χ3n) is 4.25. The number of furan rings is 1. The van der Waals surface area contributed by atoms with E-state index in [2.05, 4.69) is 10.6 Å². The fourth-order valence-electron chi connectivity index (χ4n) is 2.63. The molecule has 1 atom stereocenters. The van der Waals surface area contributed by atoms with Crippen molar-refractivity contribution in [1.29, 1.82) is 0 Å². The molecule has 0 radical (unpaired) electrons. The number of hydrogen-bond acceptors (Lipinski definition) is 5. The molecule has 0 spiro atoms. The number of hydrogen-bond donors (Lipinski definition) is 2. The standard InChI is InChI=1S/C22H18Cl2N2O5/c1-12-5-6-14(8-18(12)26-21(28)19-4-3-7-30-19)22(29)31-13(2)20(27)25-17-10-15(23)9-16(24)11-17/h3-11,13H,1-2H3,(H,25,27)(H,26,28)/t13-/m1/s1. The van der Waals surface area contributed by atoms with Crippen molar-refractivity contribution in [2.45, 2.75) is 20.0 Å². The van der Waals surface area contributed by atoms with Gasteiger partial charge in [-0.1, -0.05) is 29.3 Å². The van der Waals surface area contributed by atoms with Crippen molar-refractivity contribution in [2.24, 2.45) is 0 Å². The monoisotopic (exact) mass is 460 g/mol. The average molecular weight is 461 g/mol. The largest absolute Gasteiger partial charge is 0.459 e. The number of ether oxygens (including phenoxy) is 1. The second-order valence-electron chi connectivity index (χ2n) is 6.66. The van der Waals surface area contributed by atoms with Crippen molar-refractivity contribution in [3.63, 3.8) is 0 Å². The minimum absolute atomic E-state index is 0.138. The van der Waals surface area contributed by atoms with Crippen LogP contribution >= 0.6 is 23.2 Å². The molecule has 2 aromatic carbocycles. The molecule has 160 valence electrons. The molecule has 2 amide bonds. The number of aryl methyl sites for hydroxylation is 1. The normalized spacial score (nSPS) is 11.5. The van der Waals surface area contributed by atoms with Crippen LogP contribution in [0.1, 0.15) is 33.4 Å². The van der Waals surface area contributed by atoms with E-state index in [9.17, 15) is 14.4 Å². The van der Waals surface area contributed by atoms with Gasteiger partial charge in [-0.2, -0.15) is 0 Å². The summed E-state index contributed by atoms with van der Waals surface area (Å²) < 4.78 is 10.3. The molecule has 3 aromatic rings. The molecular weight excluding hydrogens is 443 g/mol. The zero-order valence-corrected chi connectivity index (χ0v) is 18.1. The number of halogens is 2. The van der Waals surface area contributed by atoms with Gasteiger partial charge in [0.25, 0.3) is 11.8 Å². The first-order valence-electron chi connectivity index (χ1n) is 9.16. The Hall–Kier alpha value is -3.29. The van der Waals surface area contributed by atoms with Gasteiger partial charge in [0.2, 0.25) is 0 Å².